The Hall–Kier alpha value is -0.210. The van der Waals surface area contributed by atoms with Crippen molar-refractivity contribution in [2.75, 3.05) is 6.61 Å². The zero-order valence-electron chi connectivity index (χ0n) is 15.6. The van der Waals surface area contributed by atoms with E-state index in [2.05, 4.69) is 6.92 Å². The van der Waals surface area contributed by atoms with Crippen LogP contribution in [-0.2, 0) is 18.8 Å². The molecule has 3 unspecified atom stereocenters. The van der Waals surface area contributed by atoms with E-state index in [4.69, 9.17) is 13.5 Å². The van der Waals surface area contributed by atoms with E-state index in [1.54, 1.807) is 0 Å². The maximum atomic E-state index is 11.8. The van der Waals surface area contributed by atoms with Crippen LogP contribution in [0.3, 0.4) is 0 Å². The Kier molecular flexibility index (Phi) is 11.9. The first kappa shape index (κ1) is 22.8. The summed E-state index contributed by atoms with van der Waals surface area (Å²) in [7, 11) is -4.00. The molecule has 1 aliphatic heterocycles. The molecule has 25 heavy (non-hydrogen) atoms. The average molecular weight is 381 g/mol. The molecule has 7 heteroatoms. The lowest BCUT2D eigenvalue weighted by molar-refractivity contribution is -0.0830. The van der Waals surface area contributed by atoms with Crippen LogP contribution in [0.2, 0.25) is 0 Å². The fourth-order valence-electron chi connectivity index (χ4n) is 3.23. The van der Waals surface area contributed by atoms with Gasteiger partial charge in [0.05, 0.1) is 0 Å². The summed E-state index contributed by atoms with van der Waals surface area (Å²) < 4.78 is 33.5. The molecule has 1 heterocycles. The molecule has 0 aromatic heterocycles. The molecule has 1 fully saturated rings. The highest BCUT2D eigenvalue weighted by Crippen LogP contribution is 2.27. The van der Waals surface area contributed by atoms with Crippen LogP contribution < -0.4 is 0 Å². The second-order valence-electron chi connectivity index (χ2n) is 7.00. The zero-order valence-corrected chi connectivity index (χ0v) is 16.4. The normalized spacial score (nSPS) is 26.0. The summed E-state index contributed by atoms with van der Waals surface area (Å²) in [6.07, 6.45) is 9.91. The van der Waals surface area contributed by atoms with Crippen LogP contribution in [0.25, 0.3) is 0 Å². The summed E-state index contributed by atoms with van der Waals surface area (Å²) in [6.45, 7) is 2.38. The Morgan fingerprint density at radius 3 is 1.68 bits per heavy atom. The van der Waals surface area contributed by atoms with Crippen LogP contribution in [-0.4, -0.2) is 43.5 Å². The predicted molar refractivity (Wildman–Crippen MR) is 97.5 cm³/mol. The molecule has 1 rings (SSSR count). The van der Waals surface area contributed by atoms with Crippen molar-refractivity contribution in [2.24, 2.45) is 0 Å². The molecule has 2 N–H and O–H groups in total. The van der Waals surface area contributed by atoms with Crippen molar-refractivity contribution < 1.29 is 27.0 Å². The molecule has 6 nitrogen and oxygen atoms in total. The summed E-state index contributed by atoms with van der Waals surface area (Å²) in [5, 5.41) is 19.1. The van der Waals surface area contributed by atoms with Gasteiger partial charge in [-0.2, -0.15) is 8.42 Å². The van der Waals surface area contributed by atoms with Crippen molar-refractivity contribution in [3.8, 4) is 0 Å². The van der Waals surface area contributed by atoms with Crippen LogP contribution in [0.5, 0.6) is 0 Å². The van der Waals surface area contributed by atoms with E-state index in [0.717, 1.165) is 64.2 Å². The van der Waals surface area contributed by atoms with E-state index < -0.39 is 28.7 Å². The third-order valence-electron chi connectivity index (χ3n) is 4.73. The van der Waals surface area contributed by atoms with E-state index in [-0.39, 0.29) is 6.61 Å². The van der Waals surface area contributed by atoms with Crippen molar-refractivity contribution in [1.29, 1.82) is 0 Å². The molecule has 3 atom stereocenters. The number of aliphatic hydroxyl groups excluding tert-OH is 2. The van der Waals surface area contributed by atoms with Crippen molar-refractivity contribution in [3.05, 3.63) is 0 Å². The lowest BCUT2D eigenvalue weighted by atomic mass is 9.97. The van der Waals surface area contributed by atoms with Gasteiger partial charge in [0.25, 0.3) is 0 Å². The summed E-state index contributed by atoms with van der Waals surface area (Å²) in [4.78, 5) is 0. The Bertz CT molecular complexity index is 425. The fourth-order valence-corrected chi connectivity index (χ4v) is 4.30. The van der Waals surface area contributed by atoms with Gasteiger partial charge in [-0.3, -0.25) is 0 Å². The van der Waals surface area contributed by atoms with Crippen LogP contribution in [0.4, 0.5) is 0 Å². The van der Waals surface area contributed by atoms with E-state index in [9.17, 15) is 13.5 Å². The van der Waals surface area contributed by atoms with Gasteiger partial charge < -0.3 is 10.2 Å². The Morgan fingerprint density at radius 1 is 0.760 bits per heavy atom. The van der Waals surface area contributed by atoms with Gasteiger partial charge >= 0.3 is 10.4 Å². The highest BCUT2D eigenvalue weighted by atomic mass is 32.3. The first-order valence-corrected chi connectivity index (χ1v) is 11.2. The van der Waals surface area contributed by atoms with E-state index in [0.29, 0.717) is 12.8 Å². The average Bonchev–Trinajstić information content (AvgIpc) is 2.57. The Balaban J connectivity index is 2.32. The maximum absolute atomic E-state index is 11.8. The van der Waals surface area contributed by atoms with Gasteiger partial charge in [-0.15, -0.1) is 0 Å². The second kappa shape index (κ2) is 13.0. The van der Waals surface area contributed by atoms with Crippen molar-refractivity contribution >= 4 is 10.4 Å². The Labute approximate surface area is 153 Å². The summed E-state index contributed by atoms with van der Waals surface area (Å²) >= 11 is 0. The zero-order chi connectivity index (χ0) is 18.5. The molecule has 0 amide bonds. The van der Waals surface area contributed by atoms with E-state index in [1.165, 1.54) is 6.42 Å². The van der Waals surface area contributed by atoms with Gasteiger partial charge in [-0.1, -0.05) is 71.1 Å². The second-order valence-corrected chi connectivity index (χ2v) is 8.21. The molecule has 1 saturated heterocycles. The van der Waals surface area contributed by atoms with Crippen LogP contribution in [0.15, 0.2) is 0 Å². The van der Waals surface area contributed by atoms with Crippen molar-refractivity contribution in [3.63, 3.8) is 0 Å². The van der Waals surface area contributed by atoms with Crippen molar-refractivity contribution in [2.45, 2.75) is 109 Å². The van der Waals surface area contributed by atoms with Gasteiger partial charge in [-0.05, 0) is 19.3 Å². The molecular formula is C18H36O6S. The topological polar surface area (TPSA) is 93.1 Å². The fraction of sp³-hybridized carbons (Fsp3) is 1.00. The Morgan fingerprint density at radius 2 is 1.20 bits per heavy atom. The molecule has 150 valence electrons. The molecular weight excluding hydrogens is 344 g/mol. The third kappa shape index (κ3) is 9.89. The van der Waals surface area contributed by atoms with Gasteiger partial charge in [0, 0.05) is 6.61 Å². The van der Waals surface area contributed by atoms with Crippen LogP contribution >= 0.6 is 0 Å². The number of aliphatic hydroxyl groups is 2. The minimum Gasteiger partial charge on any atom is -0.396 e. The van der Waals surface area contributed by atoms with Crippen molar-refractivity contribution in [1.82, 2.24) is 0 Å². The van der Waals surface area contributed by atoms with Gasteiger partial charge in [0.1, 0.15) is 18.3 Å². The quantitative estimate of drug-likeness (QED) is 0.448. The molecule has 0 aromatic rings. The molecule has 0 aromatic carbocycles. The summed E-state index contributed by atoms with van der Waals surface area (Å²) in [5.74, 6) is 0. The molecule has 1 aliphatic rings. The minimum atomic E-state index is -4.00. The van der Waals surface area contributed by atoms with E-state index >= 15 is 0 Å². The highest BCUT2D eigenvalue weighted by Gasteiger charge is 2.40. The monoisotopic (exact) mass is 380 g/mol. The molecule has 0 saturated carbocycles. The lowest BCUT2D eigenvalue weighted by Gasteiger charge is -2.33. The number of hydrogen-bond acceptors (Lipinski definition) is 6. The first-order chi connectivity index (χ1) is 12.0. The first-order valence-electron chi connectivity index (χ1n) is 9.90. The number of rotatable bonds is 14. The van der Waals surface area contributed by atoms with E-state index in [1.807, 2.05) is 0 Å². The SMILES string of the molecule is CCCCCCCC1OS(=O)(=O)OC(CCCCCCCCO)C1O. The summed E-state index contributed by atoms with van der Waals surface area (Å²) in [6, 6.07) is 0. The summed E-state index contributed by atoms with van der Waals surface area (Å²) in [5.41, 5.74) is 0. The predicted octanol–water partition coefficient (Wildman–Crippen LogP) is 3.46. The third-order valence-corrected chi connectivity index (χ3v) is 5.70. The lowest BCUT2D eigenvalue weighted by Crippen LogP contribution is -2.48. The molecule has 0 bridgehead atoms. The van der Waals surface area contributed by atoms with Crippen LogP contribution in [0.1, 0.15) is 90.4 Å². The van der Waals surface area contributed by atoms with Gasteiger partial charge in [-0.25, -0.2) is 8.37 Å². The van der Waals surface area contributed by atoms with Crippen LogP contribution in [0, 0.1) is 0 Å². The largest absolute Gasteiger partial charge is 0.400 e. The molecule has 0 spiro atoms. The minimum absolute atomic E-state index is 0.236. The number of unbranched alkanes of at least 4 members (excludes halogenated alkanes) is 9. The number of hydrogen-bond donors (Lipinski definition) is 2. The molecule has 0 radical (unpaired) electrons. The maximum Gasteiger partial charge on any atom is 0.400 e. The highest BCUT2D eigenvalue weighted by molar-refractivity contribution is 7.81. The molecule has 0 aliphatic carbocycles. The standard InChI is InChI=1S/C18H36O6S/c1-2-3-4-7-10-13-16-18(20)17(24-25(21,22)23-16)14-11-8-5-6-9-12-15-19/h16-20H,2-15H2,1H3. The van der Waals surface area contributed by atoms with Gasteiger partial charge in [0.2, 0.25) is 0 Å². The smallest absolute Gasteiger partial charge is 0.396 e. The van der Waals surface area contributed by atoms with Gasteiger partial charge in [0.15, 0.2) is 0 Å².